The molecule has 0 saturated carbocycles. The van der Waals surface area contributed by atoms with Crippen LogP contribution < -0.4 is 19.1 Å². The Morgan fingerprint density at radius 3 is 2.21 bits per heavy atom. The van der Waals surface area contributed by atoms with E-state index in [0.29, 0.717) is 22.9 Å². The van der Waals surface area contributed by atoms with E-state index in [0.717, 1.165) is 16.1 Å². The van der Waals surface area contributed by atoms with Crippen molar-refractivity contribution >= 4 is 27.3 Å². The molecule has 1 amide bonds. The largest absolute Gasteiger partial charge is 0.495 e. The van der Waals surface area contributed by atoms with Crippen molar-refractivity contribution in [2.45, 2.75) is 39.8 Å². The van der Waals surface area contributed by atoms with Crippen LogP contribution in [0.2, 0.25) is 0 Å². The predicted octanol–water partition coefficient (Wildman–Crippen LogP) is 3.58. The van der Waals surface area contributed by atoms with Crippen molar-refractivity contribution < 1.29 is 22.7 Å². The lowest BCUT2D eigenvalue weighted by Gasteiger charge is -2.29. The summed E-state index contributed by atoms with van der Waals surface area (Å²) in [4.78, 5) is 12.8. The number of amides is 1. The number of hydrogen-bond acceptors (Lipinski definition) is 5. The van der Waals surface area contributed by atoms with Crippen LogP contribution in [0.4, 0.5) is 11.4 Å². The van der Waals surface area contributed by atoms with E-state index in [-0.39, 0.29) is 6.10 Å². The topological polar surface area (TPSA) is 84.9 Å². The summed E-state index contributed by atoms with van der Waals surface area (Å²) in [5.74, 6) is 0.598. The fourth-order valence-corrected chi connectivity index (χ4v) is 4.06. The van der Waals surface area contributed by atoms with Crippen LogP contribution in [0.15, 0.2) is 42.5 Å². The van der Waals surface area contributed by atoms with Gasteiger partial charge in [-0.05, 0) is 69.7 Å². The number of ether oxygens (including phenoxy) is 2. The van der Waals surface area contributed by atoms with E-state index in [9.17, 15) is 13.2 Å². The molecular formula is C21H28N2O5S. The Bertz CT molecular complexity index is 956. The van der Waals surface area contributed by atoms with Gasteiger partial charge in [0.1, 0.15) is 17.5 Å². The summed E-state index contributed by atoms with van der Waals surface area (Å²) in [5, 5.41) is 2.76. The first kappa shape index (κ1) is 22.5. The summed E-state index contributed by atoms with van der Waals surface area (Å²) in [6.07, 6.45) is 1.11. The van der Waals surface area contributed by atoms with Crippen molar-refractivity contribution in [3.8, 4) is 11.5 Å². The van der Waals surface area contributed by atoms with E-state index >= 15 is 0 Å². The summed E-state index contributed by atoms with van der Waals surface area (Å²) in [6.45, 7) is 7.23. The number of hydrogen-bond donors (Lipinski definition) is 1. The van der Waals surface area contributed by atoms with Crippen LogP contribution in [-0.2, 0) is 14.8 Å². The molecule has 0 radical (unpaired) electrons. The van der Waals surface area contributed by atoms with E-state index in [2.05, 4.69) is 5.32 Å². The molecule has 2 aromatic carbocycles. The molecule has 0 aliphatic rings. The van der Waals surface area contributed by atoms with Crippen molar-refractivity contribution in [3.63, 3.8) is 0 Å². The van der Waals surface area contributed by atoms with Gasteiger partial charge in [0.25, 0.3) is 0 Å². The third kappa shape index (κ3) is 5.87. The van der Waals surface area contributed by atoms with Gasteiger partial charge < -0.3 is 14.8 Å². The highest BCUT2D eigenvalue weighted by Gasteiger charge is 2.31. The quantitative estimate of drug-likeness (QED) is 0.706. The van der Waals surface area contributed by atoms with Crippen LogP contribution >= 0.6 is 0 Å². The molecule has 0 aromatic heterocycles. The second kappa shape index (κ2) is 9.17. The molecule has 158 valence electrons. The zero-order chi connectivity index (χ0) is 21.8. The number of carbonyl (C=O) groups is 1. The van der Waals surface area contributed by atoms with Gasteiger partial charge in [0.05, 0.1) is 25.2 Å². The molecule has 1 N–H and O–H groups in total. The highest BCUT2D eigenvalue weighted by atomic mass is 32.2. The molecule has 0 spiro atoms. The number of rotatable bonds is 8. The average molecular weight is 421 g/mol. The number of nitrogens with one attached hydrogen (secondary N) is 1. The Morgan fingerprint density at radius 1 is 1.07 bits per heavy atom. The van der Waals surface area contributed by atoms with Gasteiger partial charge in [0, 0.05) is 5.69 Å². The number of nitrogens with zero attached hydrogens (tertiary/aromatic N) is 1. The minimum Gasteiger partial charge on any atom is -0.495 e. The third-order valence-corrected chi connectivity index (χ3v) is 5.38. The Morgan fingerprint density at radius 2 is 1.69 bits per heavy atom. The van der Waals surface area contributed by atoms with E-state index in [1.54, 1.807) is 36.4 Å². The van der Waals surface area contributed by atoms with Crippen molar-refractivity contribution in [1.29, 1.82) is 0 Å². The number of aryl methyl sites for hydroxylation is 1. The highest BCUT2D eigenvalue weighted by Crippen LogP contribution is 2.33. The van der Waals surface area contributed by atoms with Crippen LogP contribution in [0.5, 0.6) is 11.5 Å². The van der Waals surface area contributed by atoms with Gasteiger partial charge in [-0.2, -0.15) is 0 Å². The van der Waals surface area contributed by atoms with Gasteiger partial charge >= 0.3 is 0 Å². The zero-order valence-corrected chi connectivity index (χ0v) is 18.4. The van der Waals surface area contributed by atoms with Crippen LogP contribution in [-0.4, -0.2) is 39.8 Å². The maximum Gasteiger partial charge on any atom is 0.247 e. The Hall–Kier alpha value is -2.74. The van der Waals surface area contributed by atoms with Crippen molar-refractivity contribution in [2.75, 3.05) is 23.0 Å². The molecule has 2 rings (SSSR count). The SMILES string of the molecule is COc1ccc(C)cc1N([C@@H](C)C(=O)Nc1ccc(OC(C)C)cc1)S(C)(=O)=O. The van der Waals surface area contributed by atoms with Gasteiger partial charge in [-0.3, -0.25) is 9.10 Å². The number of carbonyl (C=O) groups excluding carboxylic acids is 1. The molecule has 29 heavy (non-hydrogen) atoms. The molecule has 0 heterocycles. The average Bonchev–Trinajstić information content (AvgIpc) is 2.62. The lowest BCUT2D eigenvalue weighted by molar-refractivity contribution is -0.116. The second-order valence-corrected chi connectivity index (χ2v) is 8.95. The first-order chi connectivity index (χ1) is 13.5. The maximum absolute atomic E-state index is 12.8. The number of anilines is 2. The summed E-state index contributed by atoms with van der Waals surface area (Å²) >= 11 is 0. The van der Waals surface area contributed by atoms with Gasteiger partial charge in [0.15, 0.2) is 0 Å². The molecule has 2 aromatic rings. The van der Waals surface area contributed by atoms with E-state index in [4.69, 9.17) is 9.47 Å². The molecular weight excluding hydrogens is 392 g/mol. The molecule has 0 aliphatic heterocycles. The zero-order valence-electron chi connectivity index (χ0n) is 17.6. The molecule has 0 aliphatic carbocycles. The van der Waals surface area contributed by atoms with Crippen LogP contribution in [0.1, 0.15) is 26.3 Å². The van der Waals surface area contributed by atoms with E-state index < -0.39 is 22.0 Å². The Labute approximate surface area is 172 Å². The molecule has 0 fully saturated rings. The van der Waals surface area contributed by atoms with Crippen LogP contribution in [0.25, 0.3) is 0 Å². The lowest BCUT2D eigenvalue weighted by atomic mass is 10.2. The first-order valence-electron chi connectivity index (χ1n) is 9.24. The lowest BCUT2D eigenvalue weighted by Crippen LogP contribution is -2.45. The summed E-state index contributed by atoms with van der Waals surface area (Å²) in [5.41, 5.74) is 1.71. The minimum absolute atomic E-state index is 0.0445. The smallest absolute Gasteiger partial charge is 0.247 e. The van der Waals surface area contributed by atoms with Crippen molar-refractivity contribution in [2.24, 2.45) is 0 Å². The minimum atomic E-state index is -3.75. The summed E-state index contributed by atoms with van der Waals surface area (Å²) in [6, 6.07) is 11.1. The molecule has 0 bridgehead atoms. The molecule has 8 heteroatoms. The highest BCUT2D eigenvalue weighted by molar-refractivity contribution is 7.92. The molecule has 0 unspecified atom stereocenters. The number of methoxy groups -OCH3 is 1. The molecule has 7 nitrogen and oxygen atoms in total. The molecule has 1 atom stereocenters. The fourth-order valence-electron chi connectivity index (χ4n) is 2.89. The van der Waals surface area contributed by atoms with Gasteiger partial charge in [-0.1, -0.05) is 6.07 Å². The number of sulfonamides is 1. The normalized spacial score (nSPS) is 12.4. The van der Waals surface area contributed by atoms with Gasteiger partial charge in [0.2, 0.25) is 15.9 Å². The Balaban J connectivity index is 2.29. The van der Waals surface area contributed by atoms with E-state index in [1.807, 2.05) is 26.8 Å². The monoisotopic (exact) mass is 420 g/mol. The van der Waals surface area contributed by atoms with Crippen molar-refractivity contribution in [3.05, 3.63) is 48.0 Å². The van der Waals surface area contributed by atoms with Crippen molar-refractivity contribution in [1.82, 2.24) is 0 Å². The molecule has 0 saturated heterocycles. The standard InChI is InChI=1S/C21H28N2O5S/c1-14(2)28-18-10-8-17(9-11-18)22-21(24)16(4)23(29(6,25)26)19-13-15(3)7-12-20(19)27-5/h7-14,16H,1-6H3,(H,22,24)/t16-/m0/s1. The van der Waals surface area contributed by atoms with Crippen LogP contribution in [0, 0.1) is 6.92 Å². The predicted molar refractivity (Wildman–Crippen MR) is 115 cm³/mol. The van der Waals surface area contributed by atoms with Gasteiger partial charge in [-0.25, -0.2) is 8.42 Å². The fraction of sp³-hybridized carbons (Fsp3) is 0.381. The van der Waals surface area contributed by atoms with Gasteiger partial charge in [-0.15, -0.1) is 0 Å². The number of benzene rings is 2. The first-order valence-corrected chi connectivity index (χ1v) is 11.1. The van der Waals surface area contributed by atoms with E-state index in [1.165, 1.54) is 14.0 Å². The summed E-state index contributed by atoms with van der Waals surface area (Å²) < 4.78 is 37.0. The third-order valence-electron chi connectivity index (χ3n) is 4.15. The second-order valence-electron chi connectivity index (χ2n) is 7.09. The maximum atomic E-state index is 12.8. The van der Waals surface area contributed by atoms with Crippen LogP contribution in [0.3, 0.4) is 0 Å². The summed E-state index contributed by atoms with van der Waals surface area (Å²) in [7, 11) is -2.29. The Kier molecular flexibility index (Phi) is 7.13.